The van der Waals surface area contributed by atoms with Gasteiger partial charge in [-0.3, -0.25) is 14.4 Å². The predicted octanol–water partition coefficient (Wildman–Crippen LogP) is 16.6. The van der Waals surface area contributed by atoms with Crippen molar-refractivity contribution in [2.24, 2.45) is 0 Å². The summed E-state index contributed by atoms with van der Waals surface area (Å²) in [6.45, 7) is 6.30. The highest BCUT2D eigenvalue weighted by Gasteiger charge is 2.19. The molecule has 352 valence electrons. The lowest BCUT2D eigenvalue weighted by Crippen LogP contribution is -2.30. The molecular weight excluding hydrogens is 769 g/mol. The van der Waals surface area contributed by atoms with Crippen LogP contribution in [0.4, 0.5) is 0 Å². The van der Waals surface area contributed by atoms with Crippen LogP contribution in [-0.4, -0.2) is 37.2 Å². The summed E-state index contributed by atoms with van der Waals surface area (Å²) in [5.41, 5.74) is 0. The summed E-state index contributed by atoms with van der Waals surface area (Å²) in [5.74, 6) is -0.961. The molecule has 6 heteroatoms. The van der Waals surface area contributed by atoms with Gasteiger partial charge in [0.25, 0.3) is 0 Å². The standard InChI is InChI=1S/C56H92O6/c1-4-7-10-13-16-19-22-24-26-27-28-29-30-32-34-37-40-43-46-49-55(58)61-52-53(51-60-54(57)48-45-42-39-36-33-21-18-15-12-9-6-3)62-56(59)50-47-44-41-38-35-31-25-23-20-17-14-11-8-5-2/h7-8,10-11,15-21,24-26,31,33,53H,4-6,9,12-14,22-23,27-30,32,34-52H2,1-3H3/b10-7-,11-8-,18-15-,19-16-,20-17-,26-24-,31-25-,33-21-. The Kier molecular flexibility index (Phi) is 47.0. The summed E-state index contributed by atoms with van der Waals surface area (Å²) in [6, 6.07) is 0. The van der Waals surface area contributed by atoms with Crippen molar-refractivity contribution < 1.29 is 28.6 Å². The first-order chi connectivity index (χ1) is 30.5. The van der Waals surface area contributed by atoms with Crippen LogP contribution in [0.5, 0.6) is 0 Å². The van der Waals surface area contributed by atoms with Gasteiger partial charge in [-0.2, -0.15) is 0 Å². The molecule has 0 amide bonds. The van der Waals surface area contributed by atoms with Gasteiger partial charge >= 0.3 is 17.9 Å². The SMILES string of the molecule is CC/C=C\C/C=C\C/C=C\CCCCCCCCCCCC(=O)OCC(COC(=O)CCCCC/C=C\C=C/CCCC)OC(=O)CCCCCC/C=C\C/C=C\C/C=C\CC. The molecule has 1 atom stereocenters. The van der Waals surface area contributed by atoms with Crippen molar-refractivity contribution in [3.05, 3.63) is 97.2 Å². The second-order valence-electron chi connectivity index (χ2n) is 16.3. The molecular formula is C56H92O6. The number of allylic oxidation sites excluding steroid dienone is 16. The molecule has 0 aliphatic carbocycles. The maximum atomic E-state index is 12.8. The van der Waals surface area contributed by atoms with Crippen LogP contribution in [0, 0.1) is 0 Å². The van der Waals surface area contributed by atoms with Crippen molar-refractivity contribution >= 4 is 17.9 Å². The smallest absolute Gasteiger partial charge is 0.306 e. The van der Waals surface area contributed by atoms with E-state index < -0.39 is 6.10 Å². The Hall–Kier alpha value is -3.67. The maximum absolute atomic E-state index is 12.8. The number of hydrogen-bond acceptors (Lipinski definition) is 6. The molecule has 0 N–H and O–H groups in total. The molecule has 0 radical (unpaired) electrons. The van der Waals surface area contributed by atoms with Crippen molar-refractivity contribution in [1.29, 1.82) is 0 Å². The van der Waals surface area contributed by atoms with Crippen molar-refractivity contribution in [2.45, 2.75) is 226 Å². The molecule has 0 aromatic heterocycles. The van der Waals surface area contributed by atoms with Gasteiger partial charge in [0.1, 0.15) is 13.2 Å². The van der Waals surface area contributed by atoms with Gasteiger partial charge in [0.15, 0.2) is 6.10 Å². The number of carbonyl (C=O) groups is 3. The van der Waals surface area contributed by atoms with E-state index in [4.69, 9.17) is 14.2 Å². The van der Waals surface area contributed by atoms with Gasteiger partial charge in [-0.1, -0.05) is 195 Å². The molecule has 1 unspecified atom stereocenters. The Morgan fingerprint density at radius 3 is 1.10 bits per heavy atom. The van der Waals surface area contributed by atoms with Crippen LogP contribution in [0.15, 0.2) is 97.2 Å². The summed E-state index contributed by atoms with van der Waals surface area (Å²) >= 11 is 0. The zero-order chi connectivity index (χ0) is 45.1. The predicted molar refractivity (Wildman–Crippen MR) is 265 cm³/mol. The average Bonchev–Trinajstić information content (AvgIpc) is 3.27. The lowest BCUT2D eigenvalue weighted by Gasteiger charge is -2.18. The van der Waals surface area contributed by atoms with Crippen molar-refractivity contribution in [2.75, 3.05) is 13.2 Å². The Morgan fingerprint density at radius 1 is 0.355 bits per heavy atom. The fourth-order valence-corrected chi connectivity index (χ4v) is 6.56. The van der Waals surface area contributed by atoms with Gasteiger partial charge in [0.05, 0.1) is 0 Å². The van der Waals surface area contributed by atoms with Gasteiger partial charge in [0, 0.05) is 19.3 Å². The van der Waals surface area contributed by atoms with Gasteiger partial charge in [-0.15, -0.1) is 0 Å². The van der Waals surface area contributed by atoms with E-state index in [0.29, 0.717) is 19.3 Å². The zero-order valence-electron chi connectivity index (χ0n) is 40.1. The van der Waals surface area contributed by atoms with Gasteiger partial charge in [-0.05, 0) is 103 Å². The highest BCUT2D eigenvalue weighted by Crippen LogP contribution is 2.14. The van der Waals surface area contributed by atoms with Crippen LogP contribution < -0.4 is 0 Å². The fraction of sp³-hybridized carbons (Fsp3) is 0.661. The van der Waals surface area contributed by atoms with Crippen molar-refractivity contribution in [3.8, 4) is 0 Å². The third-order valence-electron chi connectivity index (χ3n) is 10.3. The van der Waals surface area contributed by atoms with Crippen LogP contribution in [0.2, 0.25) is 0 Å². The Bertz CT molecular complexity index is 1260. The van der Waals surface area contributed by atoms with Gasteiger partial charge < -0.3 is 14.2 Å². The Labute approximate surface area is 381 Å². The summed E-state index contributed by atoms with van der Waals surface area (Å²) in [5, 5.41) is 0. The first-order valence-electron chi connectivity index (χ1n) is 25.3. The van der Waals surface area contributed by atoms with Crippen LogP contribution in [0.1, 0.15) is 220 Å². The maximum Gasteiger partial charge on any atom is 0.306 e. The summed E-state index contributed by atoms with van der Waals surface area (Å²) < 4.78 is 16.7. The number of unbranched alkanes of at least 4 members (excludes halogenated alkanes) is 18. The Morgan fingerprint density at radius 2 is 0.677 bits per heavy atom. The second-order valence-corrected chi connectivity index (χ2v) is 16.3. The molecule has 0 aliphatic rings. The fourth-order valence-electron chi connectivity index (χ4n) is 6.56. The minimum atomic E-state index is -0.802. The Balaban J connectivity index is 4.41. The topological polar surface area (TPSA) is 78.9 Å². The average molecular weight is 861 g/mol. The van der Waals surface area contributed by atoms with Gasteiger partial charge in [0.2, 0.25) is 0 Å². The molecule has 6 nitrogen and oxygen atoms in total. The first-order valence-corrected chi connectivity index (χ1v) is 25.3. The molecule has 0 bridgehead atoms. The molecule has 0 rings (SSSR count). The molecule has 0 fully saturated rings. The van der Waals surface area contributed by atoms with Crippen LogP contribution in [0.25, 0.3) is 0 Å². The normalized spacial score (nSPS) is 12.9. The molecule has 62 heavy (non-hydrogen) atoms. The molecule has 0 spiro atoms. The number of hydrogen-bond donors (Lipinski definition) is 0. The molecule has 0 aliphatic heterocycles. The van der Waals surface area contributed by atoms with E-state index in [1.807, 2.05) is 0 Å². The number of carbonyl (C=O) groups excluding carboxylic acids is 3. The first kappa shape index (κ1) is 58.3. The van der Waals surface area contributed by atoms with E-state index in [9.17, 15) is 14.4 Å². The van der Waals surface area contributed by atoms with Crippen LogP contribution in [0.3, 0.4) is 0 Å². The number of esters is 3. The van der Waals surface area contributed by atoms with Crippen molar-refractivity contribution in [1.82, 2.24) is 0 Å². The third kappa shape index (κ3) is 47.4. The van der Waals surface area contributed by atoms with Crippen LogP contribution in [-0.2, 0) is 28.6 Å². The monoisotopic (exact) mass is 861 g/mol. The molecule has 0 saturated heterocycles. The quantitative estimate of drug-likeness (QED) is 0.0200. The molecule has 0 saturated carbocycles. The summed E-state index contributed by atoms with van der Waals surface area (Å²) in [6.07, 6.45) is 65.4. The zero-order valence-corrected chi connectivity index (χ0v) is 40.1. The highest BCUT2D eigenvalue weighted by atomic mass is 16.6. The lowest BCUT2D eigenvalue weighted by molar-refractivity contribution is -0.167. The summed E-state index contributed by atoms with van der Waals surface area (Å²) in [4.78, 5) is 37.9. The highest BCUT2D eigenvalue weighted by molar-refractivity contribution is 5.71. The molecule has 0 aromatic carbocycles. The minimum absolute atomic E-state index is 0.0994. The number of ether oxygens (including phenoxy) is 3. The number of rotatable bonds is 44. The molecule has 0 aromatic rings. The lowest BCUT2D eigenvalue weighted by atomic mass is 10.1. The van der Waals surface area contributed by atoms with Crippen LogP contribution >= 0.6 is 0 Å². The minimum Gasteiger partial charge on any atom is -0.462 e. The van der Waals surface area contributed by atoms with Gasteiger partial charge in [-0.25, -0.2) is 0 Å². The second kappa shape index (κ2) is 50.0. The van der Waals surface area contributed by atoms with E-state index in [2.05, 4.69) is 118 Å². The largest absolute Gasteiger partial charge is 0.462 e. The van der Waals surface area contributed by atoms with E-state index >= 15 is 0 Å². The van der Waals surface area contributed by atoms with E-state index in [0.717, 1.165) is 122 Å². The van der Waals surface area contributed by atoms with E-state index in [1.165, 1.54) is 57.8 Å². The summed E-state index contributed by atoms with van der Waals surface area (Å²) in [7, 11) is 0. The van der Waals surface area contributed by atoms with E-state index in [1.54, 1.807) is 0 Å². The third-order valence-corrected chi connectivity index (χ3v) is 10.3. The van der Waals surface area contributed by atoms with Crippen molar-refractivity contribution in [3.63, 3.8) is 0 Å². The van der Waals surface area contributed by atoms with E-state index in [-0.39, 0.29) is 31.1 Å². The molecule has 0 heterocycles.